The number of aliphatic hydroxyl groups is 2. The molecule has 3 N–H and O–H groups in total. The highest BCUT2D eigenvalue weighted by atomic mass is 16.3. The molecule has 4 heteroatoms. The van der Waals surface area contributed by atoms with Crippen LogP contribution in [0.15, 0.2) is 85.1 Å². The van der Waals surface area contributed by atoms with E-state index in [1.807, 2.05) is 6.08 Å². The second-order valence-corrected chi connectivity index (χ2v) is 17.2. The number of amides is 1. The van der Waals surface area contributed by atoms with E-state index < -0.39 is 12.1 Å². The number of carbonyl (C=O) groups excluding carboxylic acids is 1. The van der Waals surface area contributed by atoms with Gasteiger partial charge in [-0.1, -0.05) is 253 Å². The quantitative estimate of drug-likeness (QED) is 0.0423. The Morgan fingerprint density at radius 2 is 0.733 bits per heavy atom. The fourth-order valence-electron chi connectivity index (χ4n) is 7.48. The molecule has 0 spiro atoms. The summed E-state index contributed by atoms with van der Waals surface area (Å²) >= 11 is 0. The second-order valence-electron chi connectivity index (χ2n) is 17.2. The molecule has 0 fully saturated rings. The monoisotopic (exact) mass is 834 g/mol. The van der Waals surface area contributed by atoms with E-state index in [2.05, 4.69) is 92.1 Å². The van der Waals surface area contributed by atoms with Crippen LogP contribution in [0, 0.1) is 0 Å². The highest BCUT2D eigenvalue weighted by molar-refractivity contribution is 5.76. The molecule has 0 aromatic heterocycles. The van der Waals surface area contributed by atoms with E-state index in [0.29, 0.717) is 6.42 Å². The van der Waals surface area contributed by atoms with Crippen LogP contribution in [0.2, 0.25) is 0 Å². The Bertz CT molecular complexity index is 1080. The van der Waals surface area contributed by atoms with E-state index in [9.17, 15) is 15.0 Å². The van der Waals surface area contributed by atoms with E-state index in [0.717, 1.165) is 64.2 Å². The maximum absolute atomic E-state index is 12.4. The lowest BCUT2D eigenvalue weighted by molar-refractivity contribution is -0.123. The summed E-state index contributed by atoms with van der Waals surface area (Å²) in [7, 11) is 0. The van der Waals surface area contributed by atoms with E-state index in [4.69, 9.17) is 0 Å². The number of allylic oxidation sites excluding steroid dienone is 13. The third-order valence-electron chi connectivity index (χ3n) is 11.4. The molecule has 0 aromatic rings. The van der Waals surface area contributed by atoms with Gasteiger partial charge in [0, 0.05) is 6.42 Å². The third kappa shape index (κ3) is 46.6. The van der Waals surface area contributed by atoms with Crippen LogP contribution in [-0.4, -0.2) is 34.9 Å². The minimum atomic E-state index is -0.839. The van der Waals surface area contributed by atoms with E-state index in [1.54, 1.807) is 6.08 Å². The Balaban J connectivity index is 3.47. The minimum Gasteiger partial charge on any atom is -0.394 e. The number of unbranched alkanes of at least 4 members (excludes halogenated alkanes) is 27. The smallest absolute Gasteiger partial charge is 0.220 e. The fraction of sp³-hybridized carbons (Fsp3) is 0.732. The van der Waals surface area contributed by atoms with Crippen molar-refractivity contribution in [1.29, 1.82) is 0 Å². The van der Waals surface area contributed by atoms with Crippen LogP contribution in [0.5, 0.6) is 0 Å². The van der Waals surface area contributed by atoms with Gasteiger partial charge in [0.25, 0.3) is 0 Å². The largest absolute Gasteiger partial charge is 0.394 e. The molecule has 2 unspecified atom stereocenters. The molecule has 0 aliphatic rings. The van der Waals surface area contributed by atoms with Crippen molar-refractivity contribution in [1.82, 2.24) is 5.32 Å². The summed E-state index contributed by atoms with van der Waals surface area (Å²) in [6.07, 6.45) is 74.5. The molecule has 0 rings (SSSR count). The first-order valence-electron chi connectivity index (χ1n) is 25.8. The van der Waals surface area contributed by atoms with E-state index >= 15 is 0 Å². The average Bonchev–Trinajstić information content (AvgIpc) is 3.25. The SMILES string of the molecule is CC/C=C\C/C=C\C/C=C\C/C=C\C/C=C\C/C=C\CCCCCCCCCCCCCCCCCCCCC(=O)NC(CO)C(O)/C=C/CCCCCCCCCCC. The molecule has 346 valence electrons. The van der Waals surface area contributed by atoms with Crippen molar-refractivity contribution >= 4 is 5.91 Å². The maximum Gasteiger partial charge on any atom is 0.220 e. The Morgan fingerprint density at radius 3 is 1.10 bits per heavy atom. The van der Waals surface area contributed by atoms with Crippen LogP contribution in [0.4, 0.5) is 0 Å². The van der Waals surface area contributed by atoms with Gasteiger partial charge in [0.15, 0.2) is 0 Å². The second kappa shape index (κ2) is 50.9. The first-order valence-corrected chi connectivity index (χ1v) is 25.8. The van der Waals surface area contributed by atoms with Crippen molar-refractivity contribution in [3.63, 3.8) is 0 Å². The van der Waals surface area contributed by atoms with Gasteiger partial charge in [0.05, 0.1) is 18.8 Å². The van der Waals surface area contributed by atoms with Gasteiger partial charge in [-0.25, -0.2) is 0 Å². The summed E-state index contributed by atoms with van der Waals surface area (Å²) in [6, 6.07) is -0.622. The molecule has 0 saturated carbocycles. The molecule has 2 atom stereocenters. The zero-order valence-corrected chi connectivity index (χ0v) is 39.7. The molecule has 0 heterocycles. The normalized spacial score (nSPS) is 13.6. The predicted molar refractivity (Wildman–Crippen MR) is 267 cm³/mol. The van der Waals surface area contributed by atoms with Crippen LogP contribution in [0.1, 0.15) is 245 Å². The summed E-state index contributed by atoms with van der Waals surface area (Å²) in [4.78, 5) is 12.4. The highest BCUT2D eigenvalue weighted by Crippen LogP contribution is 2.16. The molecule has 0 aromatic carbocycles. The number of aliphatic hydroxyl groups excluding tert-OH is 2. The van der Waals surface area contributed by atoms with Gasteiger partial charge in [-0.2, -0.15) is 0 Å². The lowest BCUT2D eigenvalue weighted by Crippen LogP contribution is -2.45. The lowest BCUT2D eigenvalue weighted by atomic mass is 10.0. The highest BCUT2D eigenvalue weighted by Gasteiger charge is 2.18. The van der Waals surface area contributed by atoms with Crippen LogP contribution in [0.3, 0.4) is 0 Å². The molecular weight excluding hydrogens is 735 g/mol. The zero-order chi connectivity index (χ0) is 43.5. The van der Waals surface area contributed by atoms with Crippen molar-refractivity contribution in [2.75, 3.05) is 6.61 Å². The Morgan fingerprint density at radius 1 is 0.417 bits per heavy atom. The number of hydrogen-bond donors (Lipinski definition) is 3. The molecule has 0 saturated heterocycles. The summed E-state index contributed by atoms with van der Waals surface area (Å²) in [5, 5.41) is 23.0. The topological polar surface area (TPSA) is 69.6 Å². The summed E-state index contributed by atoms with van der Waals surface area (Å²) in [5.41, 5.74) is 0. The first-order chi connectivity index (χ1) is 29.7. The number of hydrogen-bond acceptors (Lipinski definition) is 3. The molecule has 60 heavy (non-hydrogen) atoms. The molecule has 1 amide bonds. The van der Waals surface area contributed by atoms with Crippen LogP contribution >= 0.6 is 0 Å². The molecule has 0 radical (unpaired) electrons. The van der Waals surface area contributed by atoms with Crippen LogP contribution < -0.4 is 5.32 Å². The van der Waals surface area contributed by atoms with Crippen molar-refractivity contribution in [3.05, 3.63) is 85.1 Å². The molecule has 0 bridgehead atoms. The van der Waals surface area contributed by atoms with Gasteiger partial charge in [-0.3, -0.25) is 4.79 Å². The summed E-state index contributed by atoms with van der Waals surface area (Å²) < 4.78 is 0. The molecule has 0 aliphatic heterocycles. The van der Waals surface area contributed by atoms with Gasteiger partial charge in [-0.15, -0.1) is 0 Å². The van der Waals surface area contributed by atoms with Crippen LogP contribution in [0.25, 0.3) is 0 Å². The van der Waals surface area contributed by atoms with Crippen molar-refractivity contribution in [2.45, 2.75) is 257 Å². The average molecular weight is 834 g/mol. The van der Waals surface area contributed by atoms with Gasteiger partial charge in [-0.05, 0) is 70.6 Å². The van der Waals surface area contributed by atoms with Crippen molar-refractivity contribution < 1.29 is 15.0 Å². The maximum atomic E-state index is 12.4. The van der Waals surface area contributed by atoms with Crippen LogP contribution in [-0.2, 0) is 4.79 Å². The van der Waals surface area contributed by atoms with Crippen molar-refractivity contribution in [3.8, 4) is 0 Å². The Kier molecular flexibility index (Phi) is 48.9. The zero-order valence-electron chi connectivity index (χ0n) is 39.7. The van der Waals surface area contributed by atoms with Gasteiger partial charge in [0.1, 0.15) is 0 Å². The summed E-state index contributed by atoms with van der Waals surface area (Å²) in [6.45, 7) is 4.18. The fourth-order valence-corrected chi connectivity index (χ4v) is 7.48. The van der Waals surface area contributed by atoms with Gasteiger partial charge < -0.3 is 15.5 Å². The van der Waals surface area contributed by atoms with Gasteiger partial charge in [0.2, 0.25) is 5.91 Å². The van der Waals surface area contributed by atoms with E-state index in [1.165, 1.54) is 161 Å². The number of nitrogens with one attached hydrogen (secondary N) is 1. The number of rotatable bonds is 46. The predicted octanol–water partition coefficient (Wildman–Crippen LogP) is 16.8. The summed E-state index contributed by atoms with van der Waals surface area (Å²) in [5.74, 6) is -0.0659. The molecular formula is C56H99NO3. The van der Waals surface area contributed by atoms with Gasteiger partial charge >= 0.3 is 0 Å². The first kappa shape index (κ1) is 57.6. The minimum absolute atomic E-state index is 0.0659. The molecule has 0 aliphatic carbocycles. The number of carbonyl (C=O) groups is 1. The standard InChI is InChI=1S/C56H99NO3/c1-3-5-7-9-11-13-15-16-17-18-19-20-21-22-23-24-25-26-27-28-29-30-31-32-33-34-35-36-37-38-39-40-42-44-46-48-50-52-56(60)57-54(53-58)55(59)51-49-47-45-43-41-14-12-10-8-6-4-2/h5,7,11,13,16-17,19-20,22-23,25-26,49,51,54-55,58-59H,3-4,6,8-10,12,14-15,18,21,24,27-48,50,52-53H2,1-2H3,(H,57,60)/b7-5-,13-11-,17-16-,20-19-,23-22-,26-25-,51-49+. The Hall–Kier alpha value is -2.43. The molecule has 4 nitrogen and oxygen atoms in total. The van der Waals surface area contributed by atoms with Crippen molar-refractivity contribution in [2.24, 2.45) is 0 Å². The Labute approximate surface area is 373 Å². The van der Waals surface area contributed by atoms with E-state index in [-0.39, 0.29) is 12.5 Å². The third-order valence-corrected chi connectivity index (χ3v) is 11.4. The lowest BCUT2D eigenvalue weighted by Gasteiger charge is -2.20.